The van der Waals surface area contributed by atoms with Gasteiger partial charge in [0.1, 0.15) is 0 Å². The molecule has 0 radical (unpaired) electrons. The van der Waals surface area contributed by atoms with Gasteiger partial charge in [0.15, 0.2) is 0 Å². The van der Waals surface area contributed by atoms with E-state index in [9.17, 15) is 9.59 Å². The molecule has 4 heteroatoms. The summed E-state index contributed by atoms with van der Waals surface area (Å²) in [6, 6.07) is 0.234. The van der Waals surface area contributed by atoms with Crippen LogP contribution in [0.4, 0.5) is 0 Å². The van der Waals surface area contributed by atoms with E-state index in [0.29, 0.717) is 18.9 Å². The Balaban J connectivity index is 2.00. The Morgan fingerprint density at radius 3 is 2.59 bits per heavy atom. The van der Waals surface area contributed by atoms with Crippen LogP contribution in [0.1, 0.15) is 46.0 Å². The van der Waals surface area contributed by atoms with E-state index in [0.717, 1.165) is 6.42 Å². The van der Waals surface area contributed by atoms with Gasteiger partial charge in [-0.1, -0.05) is 20.3 Å². The Hall–Kier alpha value is -0.900. The Kier molecular flexibility index (Phi) is 3.25. The van der Waals surface area contributed by atoms with Crippen molar-refractivity contribution >= 4 is 11.8 Å². The molecule has 17 heavy (non-hydrogen) atoms. The van der Waals surface area contributed by atoms with Gasteiger partial charge in [-0.05, 0) is 24.7 Å². The van der Waals surface area contributed by atoms with Gasteiger partial charge in [-0.15, -0.1) is 0 Å². The van der Waals surface area contributed by atoms with E-state index in [2.05, 4.69) is 19.2 Å². The van der Waals surface area contributed by atoms with Gasteiger partial charge in [0.25, 0.3) is 0 Å². The molecule has 1 aliphatic heterocycles. The molecule has 0 spiro atoms. The van der Waals surface area contributed by atoms with Crippen LogP contribution in [0, 0.1) is 5.41 Å². The molecule has 0 bridgehead atoms. The van der Waals surface area contributed by atoms with E-state index in [1.807, 2.05) is 0 Å². The predicted octanol–water partition coefficient (Wildman–Crippen LogP) is 1.30. The molecule has 1 N–H and O–H groups in total. The van der Waals surface area contributed by atoms with Crippen LogP contribution in [0.15, 0.2) is 0 Å². The van der Waals surface area contributed by atoms with Gasteiger partial charge in [-0.3, -0.25) is 14.5 Å². The summed E-state index contributed by atoms with van der Waals surface area (Å²) >= 11 is 0. The van der Waals surface area contributed by atoms with Crippen LogP contribution in [-0.4, -0.2) is 35.8 Å². The monoisotopic (exact) mass is 238 g/mol. The second kappa shape index (κ2) is 4.41. The van der Waals surface area contributed by atoms with Crippen molar-refractivity contribution in [2.75, 3.05) is 7.05 Å². The lowest BCUT2D eigenvalue weighted by atomic mass is 9.86. The third-order valence-corrected chi connectivity index (χ3v) is 4.31. The van der Waals surface area contributed by atoms with E-state index in [4.69, 9.17) is 0 Å². The van der Waals surface area contributed by atoms with Crippen molar-refractivity contribution in [3.63, 3.8) is 0 Å². The fourth-order valence-electron chi connectivity index (χ4n) is 2.95. The number of likely N-dealkylation sites (tertiary alicyclic amines) is 1. The van der Waals surface area contributed by atoms with Crippen LogP contribution >= 0.6 is 0 Å². The molecule has 4 nitrogen and oxygen atoms in total. The Labute approximate surface area is 103 Å². The highest BCUT2D eigenvalue weighted by Gasteiger charge is 2.39. The summed E-state index contributed by atoms with van der Waals surface area (Å²) < 4.78 is 0. The summed E-state index contributed by atoms with van der Waals surface area (Å²) in [5, 5.41) is 3.47. The van der Waals surface area contributed by atoms with Crippen LogP contribution in [0.3, 0.4) is 0 Å². The molecular formula is C13H22N2O2. The summed E-state index contributed by atoms with van der Waals surface area (Å²) in [7, 11) is 1.58. The molecule has 2 unspecified atom stereocenters. The van der Waals surface area contributed by atoms with Crippen LogP contribution < -0.4 is 5.32 Å². The number of nitrogens with zero attached hydrogens (tertiary/aromatic N) is 1. The van der Waals surface area contributed by atoms with E-state index < -0.39 is 0 Å². The molecule has 2 aliphatic rings. The molecule has 1 saturated heterocycles. The first kappa shape index (κ1) is 12.6. The zero-order chi connectivity index (χ0) is 12.6. The van der Waals surface area contributed by atoms with Gasteiger partial charge >= 0.3 is 0 Å². The highest BCUT2D eigenvalue weighted by atomic mass is 16.2. The van der Waals surface area contributed by atoms with Gasteiger partial charge in [0.2, 0.25) is 11.8 Å². The summed E-state index contributed by atoms with van der Waals surface area (Å²) in [4.78, 5) is 24.6. The SMILES string of the molecule is CN1C(=O)CCC(NC2CCCC2(C)C)C1=O. The maximum Gasteiger partial charge on any atom is 0.246 e. The van der Waals surface area contributed by atoms with Crippen molar-refractivity contribution in [2.45, 2.75) is 58.0 Å². The maximum absolute atomic E-state index is 12.0. The molecule has 0 aromatic carbocycles. The minimum absolute atomic E-state index is 0.0567. The maximum atomic E-state index is 12.0. The molecule has 1 heterocycles. The topological polar surface area (TPSA) is 49.4 Å². The number of carbonyl (C=O) groups is 2. The second-order valence-electron chi connectivity index (χ2n) is 5.98. The van der Waals surface area contributed by atoms with Gasteiger partial charge in [0, 0.05) is 19.5 Å². The van der Waals surface area contributed by atoms with Crippen molar-refractivity contribution in [2.24, 2.45) is 5.41 Å². The van der Waals surface area contributed by atoms with Crippen LogP contribution in [0.5, 0.6) is 0 Å². The lowest BCUT2D eigenvalue weighted by Crippen LogP contribution is -2.55. The number of hydrogen-bond donors (Lipinski definition) is 1. The highest BCUT2D eigenvalue weighted by Crippen LogP contribution is 2.37. The van der Waals surface area contributed by atoms with E-state index in [-0.39, 0.29) is 23.3 Å². The third-order valence-electron chi connectivity index (χ3n) is 4.31. The zero-order valence-corrected chi connectivity index (χ0v) is 11.0. The first-order valence-electron chi connectivity index (χ1n) is 6.48. The number of likely N-dealkylation sites (N-methyl/N-ethyl adjacent to an activating group) is 1. The zero-order valence-electron chi connectivity index (χ0n) is 11.0. The fourth-order valence-corrected chi connectivity index (χ4v) is 2.95. The molecule has 2 amide bonds. The van der Waals surface area contributed by atoms with E-state index in [1.165, 1.54) is 17.7 Å². The van der Waals surface area contributed by atoms with Crippen LogP contribution in [0.25, 0.3) is 0 Å². The second-order valence-corrected chi connectivity index (χ2v) is 5.98. The lowest BCUT2D eigenvalue weighted by molar-refractivity contribution is -0.148. The molecule has 0 aromatic heterocycles. The quantitative estimate of drug-likeness (QED) is 0.738. The number of amides is 2. The Morgan fingerprint density at radius 2 is 2.00 bits per heavy atom. The average molecular weight is 238 g/mol. The van der Waals surface area contributed by atoms with Gasteiger partial charge in [0.05, 0.1) is 6.04 Å². The Bertz CT molecular complexity index is 338. The van der Waals surface area contributed by atoms with Gasteiger partial charge in [-0.25, -0.2) is 0 Å². The smallest absolute Gasteiger partial charge is 0.246 e. The van der Waals surface area contributed by atoms with Crippen molar-refractivity contribution in [3.05, 3.63) is 0 Å². The molecule has 1 aliphatic carbocycles. The largest absolute Gasteiger partial charge is 0.303 e. The van der Waals surface area contributed by atoms with Gasteiger partial charge in [-0.2, -0.15) is 0 Å². The minimum atomic E-state index is -0.167. The fraction of sp³-hybridized carbons (Fsp3) is 0.846. The van der Waals surface area contributed by atoms with Crippen LogP contribution in [-0.2, 0) is 9.59 Å². The van der Waals surface area contributed by atoms with Crippen molar-refractivity contribution in [1.29, 1.82) is 0 Å². The number of rotatable bonds is 2. The predicted molar refractivity (Wildman–Crippen MR) is 65.4 cm³/mol. The third kappa shape index (κ3) is 2.37. The van der Waals surface area contributed by atoms with Crippen molar-refractivity contribution in [3.8, 4) is 0 Å². The van der Waals surface area contributed by atoms with E-state index in [1.54, 1.807) is 7.05 Å². The van der Waals surface area contributed by atoms with Crippen LogP contribution in [0.2, 0.25) is 0 Å². The summed E-state index contributed by atoms with van der Waals surface area (Å²) in [5.74, 6) is -0.123. The Morgan fingerprint density at radius 1 is 1.29 bits per heavy atom. The van der Waals surface area contributed by atoms with Gasteiger partial charge < -0.3 is 5.32 Å². The number of imide groups is 1. The molecule has 2 atom stereocenters. The summed E-state index contributed by atoms with van der Waals surface area (Å²) in [5.41, 5.74) is 0.264. The summed E-state index contributed by atoms with van der Waals surface area (Å²) in [6.07, 6.45) is 4.69. The first-order chi connectivity index (χ1) is 7.92. The lowest BCUT2D eigenvalue weighted by Gasteiger charge is -2.35. The molecule has 2 fully saturated rings. The summed E-state index contributed by atoms with van der Waals surface area (Å²) in [6.45, 7) is 4.50. The standard InChI is InChI=1S/C13H22N2O2/c1-13(2)8-4-5-10(13)14-9-6-7-11(16)15(3)12(9)17/h9-10,14H,4-8H2,1-3H3. The number of hydrogen-bond acceptors (Lipinski definition) is 3. The molecule has 2 rings (SSSR count). The number of carbonyl (C=O) groups excluding carboxylic acids is 2. The number of nitrogens with one attached hydrogen (secondary N) is 1. The minimum Gasteiger partial charge on any atom is -0.303 e. The first-order valence-corrected chi connectivity index (χ1v) is 6.48. The molecular weight excluding hydrogens is 216 g/mol. The average Bonchev–Trinajstić information content (AvgIpc) is 2.59. The molecule has 96 valence electrons. The normalized spacial score (nSPS) is 33.2. The molecule has 1 saturated carbocycles. The van der Waals surface area contributed by atoms with Crippen molar-refractivity contribution < 1.29 is 9.59 Å². The molecule has 0 aromatic rings. The number of piperidine rings is 1. The van der Waals surface area contributed by atoms with E-state index >= 15 is 0 Å². The highest BCUT2D eigenvalue weighted by molar-refractivity contribution is 6.00. The van der Waals surface area contributed by atoms with Crippen molar-refractivity contribution in [1.82, 2.24) is 10.2 Å².